The van der Waals surface area contributed by atoms with Gasteiger partial charge in [0.05, 0.1) is 5.69 Å². The van der Waals surface area contributed by atoms with Crippen molar-refractivity contribution < 1.29 is 14.3 Å². The van der Waals surface area contributed by atoms with Crippen LogP contribution in [0.5, 0.6) is 5.75 Å². The number of anilines is 2. The Hall–Kier alpha value is -2.08. The fraction of sp³-hybridized carbons (Fsp3) is 0.429. The maximum absolute atomic E-state index is 11.9. The number of carbonyl (C=O) groups excluding carboxylic acids is 2. The minimum atomic E-state index is -0.501. The maximum atomic E-state index is 11.9. The van der Waals surface area contributed by atoms with Crippen molar-refractivity contribution in [3.05, 3.63) is 18.2 Å². The van der Waals surface area contributed by atoms with E-state index in [0.29, 0.717) is 23.7 Å². The van der Waals surface area contributed by atoms with Gasteiger partial charge in [0.25, 0.3) is 5.91 Å². The molecule has 0 bridgehead atoms. The van der Waals surface area contributed by atoms with Gasteiger partial charge >= 0.3 is 0 Å². The number of ether oxygens (including phenoxy) is 1. The Morgan fingerprint density at radius 3 is 2.95 bits per heavy atom. The fourth-order valence-electron chi connectivity index (χ4n) is 1.95. The minimum absolute atomic E-state index is 0.0734. The molecule has 1 aliphatic rings. The number of hydrogen-bond acceptors (Lipinski definition) is 4. The Bertz CT molecular complexity index is 530. The van der Waals surface area contributed by atoms with Crippen molar-refractivity contribution in [2.45, 2.75) is 20.0 Å². The standard InChI is InChI=1S/C14H19N3O3/c1-8(7-15-3)13(18)16-10-4-5-12-11(6-10)17-14(19)9(2)20-12/h4-6,8-9,15H,7H2,1-3H3,(H,16,18)(H,17,19). The highest BCUT2D eigenvalue weighted by atomic mass is 16.5. The van der Waals surface area contributed by atoms with Crippen LogP contribution in [-0.2, 0) is 9.59 Å². The van der Waals surface area contributed by atoms with Gasteiger partial charge < -0.3 is 20.7 Å². The lowest BCUT2D eigenvalue weighted by Crippen LogP contribution is -2.34. The lowest BCUT2D eigenvalue weighted by Gasteiger charge is -2.23. The highest BCUT2D eigenvalue weighted by Gasteiger charge is 2.23. The van der Waals surface area contributed by atoms with Crippen LogP contribution in [0.2, 0.25) is 0 Å². The van der Waals surface area contributed by atoms with E-state index < -0.39 is 6.10 Å². The van der Waals surface area contributed by atoms with Crippen LogP contribution in [0.4, 0.5) is 11.4 Å². The smallest absolute Gasteiger partial charge is 0.265 e. The van der Waals surface area contributed by atoms with E-state index in [1.165, 1.54) is 0 Å². The summed E-state index contributed by atoms with van der Waals surface area (Å²) in [4.78, 5) is 23.5. The molecule has 0 radical (unpaired) electrons. The van der Waals surface area contributed by atoms with Crippen LogP contribution in [0.1, 0.15) is 13.8 Å². The lowest BCUT2D eigenvalue weighted by molar-refractivity contribution is -0.122. The van der Waals surface area contributed by atoms with Crippen LogP contribution in [0.3, 0.4) is 0 Å². The third-order valence-electron chi connectivity index (χ3n) is 3.14. The van der Waals surface area contributed by atoms with Crippen LogP contribution in [-0.4, -0.2) is 31.5 Å². The number of nitrogens with one attached hydrogen (secondary N) is 3. The quantitative estimate of drug-likeness (QED) is 0.772. The van der Waals surface area contributed by atoms with Crippen molar-refractivity contribution in [1.29, 1.82) is 0 Å². The Balaban J connectivity index is 2.10. The van der Waals surface area contributed by atoms with Crippen LogP contribution < -0.4 is 20.7 Å². The topological polar surface area (TPSA) is 79.5 Å². The van der Waals surface area contributed by atoms with Gasteiger partial charge in [0.2, 0.25) is 5.91 Å². The first-order valence-corrected chi connectivity index (χ1v) is 6.58. The van der Waals surface area contributed by atoms with E-state index in [0.717, 1.165) is 0 Å². The molecule has 0 saturated heterocycles. The number of hydrogen-bond donors (Lipinski definition) is 3. The van der Waals surface area contributed by atoms with Crippen molar-refractivity contribution >= 4 is 23.2 Å². The molecule has 2 amide bonds. The molecule has 0 aromatic heterocycles. The van der Waals surface area contributed by atoms with Gasteiger partial charge in [-0.05, 0) is 32.2 Å². The van der Waals surface area contributed by atoms with Crippen molar-refractivity contribution in [1.82, 2.24) is 5.32 Å². The number of fused-ring (bicyclic) bond motifs is 1. The molecular formula is C14H19N3O3. The Labute approximate surface area is 117 Å². The van der Waals surface area contributed by atoms with Gasteiger partial charge in [-0.2, -0.15) is 0 Å². The highest BCUT2D eigenvalue weighted by Crippen LogP contribution is 2.32. The zero-order chi connectivity index (χ0) is 14.7. The second kappa shape index (κ2) is 5.92. The normalized spacial score (nSPS) is 18.6. The molecule has 2 unspecified atom stereocenters. The first-order valence-electron chi connectivity index (χ1n) is 6.58. The van der Waals surface area contributed by atoms with Gasteiger partial charge in [-0.3, -0.25) is 9.59 Å². The first kappa shape index (κ1) is 14.3. The molecular weight excluding hydrogens is 258 g/mol. The van der Waals surface area contributed by atoms with E-state index >= 15 is 0 Å². The maximum Gasteiger partial charge on any atom is 0.265 e. The third kappa shape index (κ3) is 3.08. The minimum Gasteiger partial charge on any atom is -0.479 e. The van der Waals surface area contributed by atoms with Gasteiger partial charge in [-0.25, -0.2) is 0 Å². The van der Waals surface area contributed by atoms with E-state index in [9.17, 15) is 9.59 Å². The molecule has 6 heteroatoms. The van der Waals surface area contributed by atoms with Crippen LogP contribution >= 0.6 is 0 Å². The average Bonchev–Trinajstić information content (AvgIpc) is 2.40. The summed E-state index contributed by atoms with van der Waals surface area (Å²) in [6, 6.07) is 5.19. The molecule has 0 fully saturated rings. The van der Waals surface area contributed by atoms with Gasteiger partial charge in [0.1, 0.15) is 5.75 Å². The van der Waals surface area contributed by atoms with Crippen LogP contribution in [0.15, 0.2) is 18.2 Å². The van der Waals surface area contributed by atoms with E-state index in [1.807, 2.05) is 6.92 Å². The molecule has 2 rings (SSSR count). The summed E-state index contributed by atoms with van der Waals surface area (Å²) >= 11 is 0. The van der Waals surface area contributed by atoms with Crippen molar-refractivity contribution in [3.8, 4) is 5.75 Å². The van der Waals surface area contributed by atoms with Gasteiger partial charge in [-0.1, -0.05) is 6.92 Å². The SMILES string of the molecule is CNCC(C)C(=O)Nc1ccc2c(c1)NC(=O)C(C)O2. The molecule has 3 N–H and O–H groups in total. The summed E-state index contributed by atoms with van der Waals surface area (Å²) in [7, 11) is 1.80. The molecule has 2 atom stereocenters. The first-order chi connectivity index (χ1) is 9.51. The monoisotopic (exact) mass is 277 g/mol. The summed E-state index contributed by atoms with van der Waals surface area (Å²) < 4.78 is 5.46. The van der Waals surface area contributed by atoms with Crippen LogP contribution in [0.25, 0.3) is 0 Å². The second-order valence-corrected chi connectivity index (χ2v) is 4.91. The Morgan fingerprint density at radius 2 is 2.25 bits per heavy atom. The molecule has 1 aromatic carbocycles. The van der Waals surface area contributed by atoms with Crippen LogP contribution in [0, 0.1) is 5.92 Å². The number of rotatable bonds is 4. The second-order valence-electron chi connectivity index (χ2n) is 4.91. The number of benzene rings is 1. The fourth-order valence-corrected chi connectivity index (χ4v) is 1.95. The van der Waals surface area contributed by atoms with Gasteiger partial charge in [0, 0.05) is 18.2 Å². The predicted octanol–water partition coefficient (Wildman–Crippen LogP) is 1.20. The van der Waals surface area contributed by atoms with E-state index in [1.54, 1.807) is 32.2 Å². The Morgan fingerprint density at radius 1 is 1.50 bits per heavy atom. The number of carbonyl (C=O) groups is 2. The number of amides is 2. The van der Waals surface area contributed by atoms with Gasteiger partial charge in [-0.15, -0.1) is 0 Å². The molecule has 1 aliphatic heterocycles. The van der Waals surface area contributed by atoms with E-state index in [-0.39, 0.29) is 17.7 Å². The molecule has 1 heterocycles. The molecule has 1 aromatic rings. The Kier molecular flexibility index (Phi) is 4.24. The molecule has 20 heavy (non-hydrogen) atoms. The lowest BCUT2D eigenvalue weighted by atomic mass is 10.1. The van der Waals surface area contributed by atoms with Gasteiger partial charge in [0.15, 0.2) is 6.10 Å². The van der Waals surface area contributed by atoms with Crippen molar-refractivity contribution in [2.75, 3.05) is 24.2 Å². The summed E-state index contributed by atoms with van der Waals surface area (Å²) in [6.45, 7) is 4.14. The molecule has 0 saturated carbocycles. The molecule has 108 valence electrons. The van der Waals surface area contributed by atoms with Crippen molar-refractivity contribution in [2.24, 2.45) is 5.92 Å². The summed E-state index contributed by atoms with van der Waals surface area (Å²) in [6.07, 6.45) is -0.501. The molecule has 6 nitrogen and oxygen atoms in total. The summed E-state index contributed by atoms with van der Waals surface area (Å²) in [5, 5.41) is 8.52. The largest absolute Gasteiger partial charge is 0.479 e. The summed E-state index contributed by atoms with van der Waals surface area (Å²) in [5.41, 5.74) is 1.21. The third-order valence-corrected chi connectivity index (χ3v) is 3.14. The van der Waals surface area contributed by atoms with E-state index in [4.69, 9.17) is 4.74 Å². The van der Waals surface area contributed by atoms with Crippen molar-refractivity contribution in [3.63, 3.8) is 0 Å². The molecule has 0 aliphatic carbocycles. The highest BCUT2D eigenvalue weighted by molar-refractivity contribution is 5.99. The zero-order valence-corrected chi connectivity index (χ0v) is 11.8. The predicted molar refractivity (Wildman–Crippen MR) is 76.9 cm³/mol. The molecule has 0 spiro atoms. The zero-order valence-electron chi connectivity index (χ0n) is 11.8. The summed E-state index contributed by atoms with van der Waals surface area (Å²) in [5.74, 6) is 0.209. The average molecular weight is 277 g/mol. The van der Waals surface area contributed by atoms with E-state index in [2.05, 4.69) is 16.0 Å².